The standard InChI is InChI=1S/C33H23BrN4/c34-25-17-20-30-28(21-25)27-13-7-8-14-29(27)38(30)26-18-15-24(16-19-26)33-36-31(22-9-3-1-4-10-22)35-32(37-33)23-11-5-2-6-12-23/h1-21,31H,(H,35,36,37). The summed E-state index contributed by atoms with van der Waals surface area (Å²) in [5, 5.41) is 5.96. The molecule has 0 radical (unpaired) electrons. The molecular formula is C33H23BrN4. The molecule has 0 aliphatic carbocycles. The molecule has 0 spiro atoms. The molecule has 38 heavy (non-hydrogen) atoms. The van der Waals surface area contributed by atoms with Gasteiger partial charge in [-0.05, 0) is 54.1 Å². The minimum absolute atomic E-state index is 0.307. The highest BCUT2D eigenvalue weighted by Crippen LogP contribution is 2.34. The number of nitrogens with zero attached hydrogens (tertiary/aromatic N) is 3. The molecule has 0 bridgehead atoms. The van der Waals surface area contributed by atoms with E-state index in [2.05, 4.69) is 117 Å². The van der Waals surface area contributed by atoms with Gasteiger partial charge in [0.25, 0.3) is 0 Å². The van der Waals surface area contributed by atoms with Gasteiger partial charge in [0.2, 0.25) is 0 Å². The SMILES string of the molecule is Brc1ccc2c(c1)c1ccccc1n2-c1ccc(C2=NC(c3ccccc3)N=C(c3ccccc3)N2)cc1. The van der Waals surface area contributed by atoms with Crippen molar-refractivity contribution in [3.05, 3.63) is 149 Å². The Morgan fingerprint density at radius 3 is 1.92 bits per heavy atom. The molecule has 4 nitrogen and oxygen atoms in total. The lowest BCUT2D eigenvalue weighted by Gasteiger charge is -2.22. The first-order valence-corrected chi connectivity index (χ1v) is 13.4. The zero-order chi connectivity index (χ0) is 25.5. The lowest BCUT2D eigenvalue weighted by molar-refractivity contribution is 0.756. The predicted octanol–water partition coefficient (Wildman–Crippen LogP) is 8.04. The van der Waals surface area contributed by atoms with Crippen molar-refractivity contribution in [3.8, 4) is 5.69 Å². The van der Waals surface area contributed by atoms with Crippen LogP contribution in [0.15, 0.2) is 142 Å². The van der Waals surface area contributed by atoms with Crippen LogP contribution in [0.2, 0.25) is 0 Å². The highest BCUT2D eigenvalue weighted by molar-refractivity contribution is 9.10. The van der Waals surface area contributed by atoms with Gasteiger partial charge in [0.15, 0.2) is 6.17 Å². The van der Waals surface area contributed by atoms with E-state index < -0.39 is 0 Å². The van der Waals surface area contributed by atoms with Crippen molar-refractivity contribution in [2.45, 2.75) is 6.17 Å². The number of aromatic nitrogens is 1. The number of hydrogen-bond donors (Lipinski definition) is 1. The number of aliphatic imine (C=N–C) groups is 2. The molecule has 1 atom stereocenters. The summed E-state index contributed by atoms with van der Waals surface area (Å²) >= 11 is 3.64. The third-order valence-electron chi connectivity index (χ3n) is 6.92. The fourth-order valence-corrected chi connectivity index (χ4v) is 5.47. The molecule has 5 aromatic carbocycles. The Kier molecular flexibility index (Phi) is 5.64. The normalized spacial score (nSPS) is 15.2. The Hall–Kier alpha value is -4.48. The molecule has 0 saturated carbocycles. The smallest absolute Gasteiger partial charge is 0.169 e. The Morgan fingerprint density at radius 1 is 0.579 bits per heavy atom. The fourth-order valence-electron chi connectivity index (χ4n) is 5.11. The quantitative estimate of drug-likeness (QED) is 0.235. The van der Waals surface area contributed by atoms with Crippen LogP contribution in [-0.2, 0) is 0 Å². The van der Waals surface area contributed by atoms with E-state index >= 15 is 0 Å². The van der Waals surface area contributed by atoms with Crippen molar-refractivity contribution >= 4 is 49.4 Å². The van der Waals surface area contributed by atoms with Gasteiger partial charge < -0.3 is 9.88 Å². The van der Waals surface area contributed by atoms with Crippen molar-refractivity contribution < 1.29 is 0 Å². The fraction of sp³-hybridized carbons (Fsp3) is 0.0303. The van der Waals surface area contributed by atoms with Gasteiger partial charge in [0, 0.05) is 32.1 Å². The Labute approximate surface area is 229 Å². The molecule has 1 N–H and O–H groups in total. The van der Waals surface area contributed by atoms with E-state index in [4.69, 9.17) is 9.98 Å². The maximum atomic E-state index is 5.01. The average molecular weight is 555 g/mol. The molecule has 182 valence electrons. The first-order valence-electron chi connectivity index (χ1n) is 12.6. The predicted molar refractivity (Wildman–Crippen MR) is 160 cm³/mol. The molecule has 1 aliphatic heterocycles. The topological polar surface area (TPSA) is 41.7 Å². The van der Waals surface area contributed by atoms with Gasteiger partial charge in [-0.15, -0.1) is 0 Å². The molecule has 6 aromatic rings. The zero-order valence-electron chi connectivity index (χ0n) is 20.4. The first kappa shape index (κ1) is 22.7. The van der Waals surface area contributed by atoms with Crippen LogP contribution in [0, 0.1) is 0 Å². The van der Waals surface area contributed by atoms with Gasteiger partial charge in [-0.3, -0.25) is 0 Å². The van der Waals surface area contributed by atoms with E-state index in [0.717, 1.165) is 38.5 Å². The van der Waals surface area contributed by atoms with Crippen molar-refractivity contribution in [2.24, 2.45) is 9.98 Å². The second kappa shape index (κ2) is 9.43. The number of amidine groups is 2. The summed E-state index contributed by atoms with van der Waals surface area (Å²) in [5.74, 6) is 1.63. The van der Waals surface area contributed by atoms with E-state index in [1.165, 1.54) is 21.8 Å². The van der Waals surface area contributed by atoms with Crippen molar-refractivity contribution in [1.82, 2.24) is 9.88 Å². The van der Waals surface area contributed by atoms with E-state index in [0.29, 0.717) is 0 Å². The molecule has 2 heterocycles. The number of hydrogen-bond acceptors (Lipinski definition) is 3. The Morgan fingerprint density at radius 2 is 1.18 bits per heavy atom. The molecule has 7 rings (SSSR count). The average Bonchev–Trinajstić information content (AvgIpc) is 3.31. The van der Waals surface area contributed by atoms with Gasteiger partial charge in [0.05, 0.1) is 11.0 Å². The highest BCUT2D eigenvalue weighted by Gasteiger charge is 2.20. The minimum Gasteiger partial charge on any atom is -0.324 e. The molecular weight excluding hydrogens is 532 g/mol. The maximum Gasteiger partial charge on any atom is 0.169 e. The second-order valence-electron chi connectivity index (χ2n) is 9.29. The van der Waals surface area contributed by atoms with Crippen LogP contribution in [0.25, 0.3) is 27.5 Å². The van der Waals surface area contributed by atoms with Crippen molar-refractivity contribution in [2.75, 3.05) is 0 Å². The number of fused-ring (bicyclic) bond motifs is 3. The summed E-state index contributed by atoms with van der Waals surface area (Å²) in [6.07, 6.45) is -0.307. The van der Waals surface area contributed by atoms with Crippen molar-refractivity contribution in [1.29, 1.82) is 0 Å². The minimum atomic E-state index is -0.307. The summed E-state index contributed by atoms with van der Waals surface area (Å²) in [6.45, 7) is 0. The molecule has 0 amide bonds. The number of para-hydroxylation sites is 1. The summed E-state index contributed by atoms with van der Waals surface area (Å²) in [4.78, 5) is 9.95. The zero-order valence-corrected chi connectivity index (χ0v) is 22.0. The summed E-state index contributed by atoms with van der Waals surface area (Å²) in [6, 6.07) is 44.1. The Bertz CT molecular complexity index is 1840. The molecule has 1 unspecified atom stereocenters. The van der Waals surface area contributed by atoms with Gasteiger partial charge in [-0.1, -0.05) is 94.8 Å². The van der Waals surface area contributed by atoms with E-state index in [-0.39, 0.29) is 6.17 Å². The van der Waals surface area contributed by atoms with E-state index in [1.54, 1.807) is 0 Å². The van der Waals surface area contributed by atoms with Gasteiger partial charge in [-0.25, -0.2) is 9.98 Å². The van der Waals surface area contributed by atoms with Crippen molar-refractivity contribution in [3.63, 3.8) is 0 Å². The number of benzene rings is 5. The molecule has 1 aromatic heterocycles. The Balaban J connectivity index is 1.31. The van der Waals surface area contributed by atoms with Crippen LogP contribution in [0.4, 0.5) is 0 Å². The number of rotatable bonds is 4. The van der Waals surface area contributed by atoms with Crippen LogP contribution in [0.3, 0.4) is 0 Å². The molecule has 0 fully saturated rings. The molecule has 5 heteroatoms. The van der Waals surface area contributed by atoms with E-state index in [1.807, 2.05) is 36.4 Å². The van der Waals surface area contributed by atoms with Gasteiger partial charge in [0.1, 0.15) is 11.7 Å². The molecule has 0 saturated heterocycles. The third kappa shape index (κ3) is 4.01. The monoisotopic (exact) mass is 554 g/mol. The van der Waals surface area contributed by atoms with E-state index in [9.17, 15) is 0 Å². The lowest BCUT2D eigenvalue weighted by atomic mass is 10.1. The maximum absolute atomic E-state index is 5.01. The number of nitrogens with one attached hydrogen (secondary N) is 1. The van der Waals surface area contributed by atoms with Crippen LogP contribution in [0.5, 0.6) is 0 Å². The third-order valence-corrected chi connectivity index (χ3v) is 7.41. The summed E-state index contributed by atoms with van der Waals surface area (Å²) < 4.78 is 3.40. The van der Waals surface area contributed by atoms with Gasteiger partial charge in [-0.2, -0.15) is 0 Å². The lowest BCUT2D eigenvalue weighted by Crippen LogP contribution is -2.36. The van der Waals surface area contributed by atoms with Crippen LogP contribution in [-0.4, -0.2) is 16.2 Å². The largest absolute Gasteiger partial charge is 0.324 e. The highest BCUT2D eigenvalue weighted by atomic mass is 79.9. The van der Waals surface area contributed by atoms with Gasteiger partial charge >= 0.3 is 0 Å². The van der Waals surface area contributed by atoms with Crippen LogP contribution in [0.1, 0.15) is 22.9 Å². The summed E-state index contributed by atoms with van der Waals surface area (Å²) in [7, 11) is 0. The number of halogens is 1. The second-order valence-corrected chi connectivity index (χ2v) is 10.2. The first-order chi connectivity index (χ1) is 18.7. The van der Waals surface area contributed by atoms with Crippen LogP contribution >= 0.6 is 15.9 Å². The molecule has 1 aliphatic rings. The van der Waals surface area contributed by atoms with Crippen LogP contribution < -0.4 is 5.32 Å². The summed E-state index contributed by atoms with van der Waals surface area (Å²) in [5.41, 5.74) is 6.58.